The molecule has 0 radical (unpaired) electrons. The summed E-state index contributed by atoms with van der Waals surface area (Å²) in [6, 6.07) is 9.84. The van der Waals surface area contributed by atoms with Gasteiger partial charge >= 0.3 is 0 Å². The first-order valence-corrected chi connectivity index (χ1v) is 7.97. The average Bonchev–Trinajstić information content (AvgIpc) is 2.92. The Labute approximate surface area is 130 Å². The van der Waals surface area contributed by atoms with E-state index in [1.54, 1.807) is 11.3 Å². The van der Waals surface area contributed by atoms with Crippen LogP contribution in [-0.4, -0.2) is 5.91 Å². The van der Waals surface area contributed by atoms with Crippen molar-refractivity contribution in [1.29, 1.82) is 0 Å². The molecule has 3 rings (SSSR count). The molecule has 1 aromatic heterocycles. The number of halogens is 1. The first-order chi connectivity index (χ1) is 9.39. The molecular formula is C15H15BrN2OS. The molecule has 0 aliphatic carbocycles. The van der Waals surface area contributed by atoms with Gasteiger partial charge in [0.1, 0.15) is 0 Å². The SMILES string of the molecule is CC1(C)C(=O)Nc2ccc(C(N)c3ccc(Br)s3)cc21. The molecule has 1 atom stereocenters. The maximum absolute atomic E-state index is 12.0. The van der Waals surface area contributed by atoms with Gasteiger partial charge in [-0.3, -0.25) is 4.79 Å². The number of hydrogen-bond acceptors (Lipinski definition) is 3. The summed E-state index contributed by atoms with van der Waals surface area (Å²) >= 11 is 5.09. The first-order valence-electron chi connectivity index (χ1n) is 6.36. The summed E-state index contributed by atoms with van der Waals surface area (Å²) in [5.74, 6) is 0.0390. The molecule has 1 aliphatic heterocycles. The zero-order chi connectivity index (χ0) is 14.5. The van der Waals surface area contributed by atoms with E-state index in [0.29, 0.717) is 0 Å². The molecule has 0 bridgehead atoms. The van der Waals surface area contributed by atoms with Gasteiger partial charge in [-0.2, -0.15) is 0 Å². The van der Waals surface area contributed by atoms with Crippen LogP contribution >= 0.6 is 27.3 Å². The van der Waals surface area contributed by atoms with Gasteiger partial charge in [-0.15, -0.1) is 11.3 Å². The number of thiophene rings is 1. The molecule has 104 valence electrons. The van der Waals surface area contributed by atoms with Crippen LogP contribution in [0.15, 0.2) is 34.1 Å². The lowest BCUT2D eigenvalue weighted by molar-refractivity contribution is -0.119. The monoisotopic (exact) mass is 350 g/mol. The molecule has 0 saturated carbocycles. The lowest BCUT2D eigenvalue weighted by atomic mass is 9.84. The number of anilines is 1. The minimum atomic E-state index is -0.499. The third-order valence-electron chi connectivity index (χ3n) is 3.79. The van der Waals surface area contributed by atoms with E-state index in [1.807, 2.05) is 44.2 Å². The van der Waals surface area contributed by atoms with Crippen LogP contribution in [0.4, 0.5) is 5.69 Å². The van der Waals surface area contributed by atoms with E-state index >= 15 is 0 Å². The van der Waals surface area contributed by atoms with E-state index in [0.717, 1.165) is 25.5 Å². The minimum Gasteiger partial charge on any atom is -0.325 e. The Bertz CT molecular complexity index is 693. The Morgan fingerprint density at radius 3 is 2.70 bits per heavy atom. The number of fused-ring (bicyclic) bond motifs is 1. The van der Waals surface area contributed by atoms with Gasteiger partial charge in [0.25, 0.3) is 0 Å². The summed E-state index contributed by atoms with van der Waals surface area (Å²) in [4.78, 5) is 13.1. The number of carbonyl (C=O) groups excluding carboxylic acids is 1. The highest BCUT2D eigenvalue weighted by Gasteiger charge is 2.38. The Balaban J connectivity index is 2.02. The van der Waals surface area contributed by atoms with E-state index in [-0.39, 0.29) is 11.9 Å². The van der Waals surface area contributed by atoms with Crippen molar-refractivity contribution in [2.45, 2.75) is 25.3 Å². The standard InChI is InChI=1S/C15H15BrN2OS/c1-15(2)9-7-8(3-4-10(9)18-14(15)19)13(17)11-5-6-12(16)20-11/h3-7,13H,17H2,1-2H3,(H,18,19). The molecular weight excluding hydrogens is 336 g/mol. The Kier molecular flexibility index (Phi) is 3.23. The van der Waals surface area contributed by atoms with Crippen molar-refractivity contribution in [1.82, 2.24) is 0 Å². The summed E-state index contributed by atoms with van der Waals surface area (Å²) in [5.41, 5.74) is 8.77. The van der Waals surface area contributed by atoms with Crippen molar-refractivity contribution in [2.75, 3.05) is 5.32 Å². The fourth-order valence-electron chi connectivity index (χ4n) is 2.44. The number of nitrogens with one attached hydrogen (secondary N) is 1. The summed E-state index contributed by atoms with van der Waals surface area (Å²) in [6.07, 6.45) is 0. The number of carbonyl (C=O) groups is 1. The normalized spacial score (nSPS) is 17.7. The highest BCUT2D eigenvalue weighted by molar-refractivity contribution is 9.11. The third kappa shape index (κ3) is 2.10. The Morgan fingerprint density at radius 2 is 2.05 bits per heavy atom. The summed E-state index contributed by atoms with van der Waals surface area (Å²) in [7, 11) is 0. The smallest absolute Gasteiger partial charge is 0.234 e. The Morgan fingerprint density at radius 1 is 1.30 bits per heavy atom. The van der Waals surface area contributed by atoms with Gasteiger partial charge in [-0.05, 0) is 59.1 Å². The van der Waals surface area contributed by atoms with E-state index in [1.165, 1.54) is 0 Å². The number of amides is 1. The number of rotatable bonds is 2. The van der Waals surface area contributed by atoms with Gasteiger partial charge < -0.3 is 11.1 Å². The van der Waals surface area contributed by atoms with Crippen molar-refractivity contribution in [3.63, 3.8) is 0 Å². The predicted molar refractivity (Wildman–Crippen MR) is 86.1 cm³/mol. The molecule has 0 fully saturated rings. The minimum absolute atomic E-state index is 0.0390. The van der Waals surface area contributed by atoms with Crippen LogP contribution in [0.5, 0.6) is 0 Å². The van der Waals surface area contributed by atoms with Crippen molar-refractivity contribution in [3.05, 3.63) is 50.1 Å². The second-order valence-electron chi connectivity index (χ2n) is 5.50. The fraction of sp³-hybridized carbons (Fsp3) is 0.267. The first kappa shape index (κ1) is 13.8. The maximum Gasteiger partial charge on any atom is 0.234 e. The Hall–Kier alpha value is -1.17. The van der Waals surface area contributed by atoms with E-state index in [9.17, 15) is 4.79 Å². The average molecular weight is 351 g/mol. The number of benzene rings is 1. The third-order valence-corrected chi connectivity index (χ3v) is 5.50. The topological polar surface area (TPSA) is 55.1 Å². The lowest BCUT2D eigenvalue weighted by Crippen LogP contribution is -2.27. The molecule has 0 spiro atoms. The molecule has 1 aliphatic rings. The highest BCUT2D eigenvalue weighted by Crippen LogP contribution is 2.39. The predicted octanol–water partition coefficient (Wildman–Crippen LogP) is 3.79. The highest BCUT2D eigenvalue weighted by atomic mass is 79.9. The molecule has 3 nitrogen and oxygen atoms in total. The van der Waals surface area contributed by atoms with Crippen LogP contribution in [0.25, 0.3) is 0 Å². The van der Waals surface area contributed by atoms with Gasteiger partial charge in [0.2, 0.25) is 5.91 Å². The number of nitrogens with two attached hydrogens (primary N) is 1. The van der Waals surface area contributed by atoms with E-state index in [2.05, 4.69) is 21.2 Å². The van der Waals surface area contributed by atoms with Gasteiger partial charge in [0, 0.05) is 10.6 Å². The summed E-state index contributed by atoms with van der Waals surface area (Å²) in [5, 5.41) is 2.91. The summed E-state index contributed by atoms with van der Waals surface area (Å²) in [6.45, 7) is 3.87. The quantitative estimate of drug-likeness (QED) is 0.865. The maximum atomic E-state index is 12.0. The van der Waals surface area contributed by atoms with Crippen molar-refractivity contribution in [3.8, 4) is 0 Å². The zero-order valence-electron chi connectivity index (χ0n) is 11.2. The van der Waals surface area contributed by atoms with Crippen LogP contribution in [0.3, 0.4) is 0 Å². The van der Waals surface area contributed by atoms with Gasteiger partial charge in [0.15, 0.2) is 0 Å². The van der Waals surface area contributed by atoms with Crippen LogP contribution in [0.1, 0.15) is 35.9 Å². The lowest BCUT2D eigenvalue weighted by Gasteiger charge is -2.17. The molecule has 2 aromatic rings. The van der Waals surface area contributed by atoms with Crippen LogP contribution in [-0.2, 0) is 10.2 Å². The molecule has 2 heterocycles. The van der Waals surface area contributed by atoms with Crippen LogP contribution in [0, 0.1) is 0 Å². The van der Waals surface area contributed by atoms with Gasteiger partial charge in [-0.1, -0.05) is 12.1 Å². The number of hydrogen-bond donors (Lipinski definition) is 2. The molecule has 20 heavy (non-hydrogen) atoms. The molecule has 1 amide bonds. The largest absolute Gasteiger partial charge is 0.325 e. The van der Waals surface area contributed by atoms with E-state index < -0.39 is 5.41 Å². The van der Waals surface area contributed by atoms with Crippen molar-refractivity contribution >= 4 is 38.9 Å². The van der Waals surface area contributed by atoms with Gasteiger partial charge in [0.05, 0.1) is 15.2 Å². The van der Waals surface area contributed by atoms with Crippen LogP contribution in [0.2, 0.25) is 0 Å². The van der Waals surface area contributed by atoms with Gasteiger partial charge in [-0.25, -0.2) is 0 Å². The molecule has 5 heteroatoms. The van der Waals surface area contributed by atoms with E-state index in [4.69, 9.17) is 5.73 Å². The molecule has 1 aromatic carbocycles. The fourth-order valence-corrected chi connectivity index (χ4v) is 3.90. The summed E-state index contributed by atoms with van der Waals surface area (Å²) < 4.78 is 1.07. The van der Waals surface area contributed by atoms with Crippen molar-refractivity contribution < 1.29 is 4.79 Å². The molecule has 0 saturated heterocycles. The van der Waals surface area contributed by atoms with Crippen LogP contribution < -0.4 is 11.1 Å². The second-order valence-corrected chi connectivity index (χ2v) is 8.00. The molecule has 1 unspecified atom stereocenters. The van der Waals surface area contributed by atoms with Crippen molar-refractivity contribution in [2.24, 2.45) is 5.73 Å². The molecule has 3 N–H and O–H groups in total. The second kappa shape index (κ2) is 4.69. The zero-order valence-corrected chi connectivity index (χ0v) is 13.6.